The fraction of sp³-hybridized carbons (Fsp3) is 0.429. The molecule has 1 aliphatic rings. The predicted octanol–water partition coefficient (Wildman–Crippen LogP) is 1.26. The number of aromatic nitrogens is 4. The van der Waals surface area contributed by atoms with Crippen LogP contribution in [0.5, 0.6) is 0 Å². The molecule has 1 amide bonds. The van der Waals surface area contributed by atoms with Crippen LogP contribution < -0.4 is 10.6 Å². The van der Waals surface area contributed by atoms with Gasteiger partial charge in [-0.2, -0.15) is 5.10 Å². The molecule has 0 aliphatic carbocycles. The van der Waals surface area contributed by atoms with Gasteiger partial charge in [0.25, 0.3) is 0 Å². The molecule has 8 heteroatoms. The number of halogens is 1. The second-order valence-electron chi connectivity index (χ2n) is 5.33. The molecule has 22 heavy (non-hydrogen) atoms. The average Bonchev–Trinajstić information content (AvgIpc) is 2.97. The highest BCUT2D eigenvalue weighted by Gasteiger charge is 2.23. The second kappa shape index (κ2) is 6.41. The number of carbonyl (C=O) groups excluding carboxylic acids is 1. The Labute approximate surface area is 133 Å². The van der Waals surface area contributed by atoms with Crippen LogP contribution in [-0.4, -0.2) is 37.7 Å². The largest absolute Gasteiger partial charge is 0.309 e. The van der Waals surface area contributed by atoms with E-state index in [2.05, 4.69) is 25.7 Å². The quantitative estimate of drug-likeness (QED) is 0.886. The van der Waals surface area contributed by atoms with Crippen LogP contribution in [0.15, 0.2) is 24.7 Å². The van der Waals surface area contributed by atoms with Crippen LogP contribution in [0.4, 0.5) is 5.82 Å². The van der Waals surface area contributed by atoms with Crippen LogP contribution in [0.2, 0.25) is 5.02 Å². The van der Waals surface area contributed by atoms with Crippen molar-refractivity contribution >= 4 is 23.3 Å². The van der Waals surface area contributed by atoms with Crippen molar-refractivity contribution in [3.8, 4) is 0 Å². The first kappa shape index (κ1) is 14.9. The lowest BCUT2D eigenvalue weighted by Crippen LogP contribution is -2.47. The fourth-order valence-electron chi connectivity index (χ4n) is 2.49. The number of anilines is 1. The van der Waals surface area contributed by atoms with Crippen LogP contribution >= 0.6 is 11.6 Å². The monoisotopic (exact) mass is 320 g/mol. The minimum Gasteiger partial charge on any atom is -0.309 e. The van der Waals surface area contributed by atoms with E-state index in [1.165, 1.54) is 6.20 Å². The Hall–Kier alpha value is -1.99. The van der Waals surface area contributed by atoms with Gasteiger partial charge in [0.1, 0.15) is 18.0 Å². The van der Waals surface area contributed by atoms with Gasteiger partial charge in [0.15, 0.2) is 0 Å². The van der Waals surface area contributed by atoms with Crippen molar-refractivity contribution < 1.29 is 4.79 Å². The van der Waals surface area contributed by atoms with E-state index < -0.39 is 0 Å². The number of nitrogens with one attached hydrogen (secondary N) is 2. The highest BCUT2D eigenvalue weighted by molar-refractivity contribution is 6.30. The van der Waals surface area contributed by atoms with Crippen molar-refractivity contribution in [1.82, 2.24) is 25.1 Å². The van der Waals surface area contributed by atoms with Crippen molar-refractivity contribution in [1.29, 1.82) is 0 Å². The molecule has 0 unspecified atom stereocenters. The molecule has 2 aromatic heterocycles. The van der Waals surface area contributed by atoms with Gasteiger partial charge in [0.2, 0.25) is 5.91 Å². The highest BCUT2D eigenvalue weighted by atomic mass is 35.5. The molecule has 0 spiro atoms. The minimum absolute atomic E-state index is 0.126. The van der Waals surface area contributed by atoms with Crippen LogP contribution in [0, 0.1) is 0 Å². The molecule has 3 rings (SSSR count). The maximum Gasteiger partial charge on any atom is 0.242 e. The number of fused-ring (bicyclic) bond motifs is 1. The third kappa shape index (κ3) is 3.42. The van der Waals surface area contributed by atoms with Crippen molar-refractivity contribution in [2.24, 2.45) is 0 Å². The number of hydrogen-bond donors (Lipinski definition) is 2. The lowest BCUT2D eigenvalue weighted by molar-refractivity contribution is -0.118. The third-order valence-corrected chi connectivity index (χ3v) is 3.89. The summed E-state index contributed by atoms with van der Waals surface area (Å²) < 4.78 is 1.88. The van der Waals surface area contributed by atoms with E-state index in [4.69, 9.17) is 11.6 Å². The molecule has 0 bridgehead atoms. The summed E-state index contributed by atoms with van der Waals surface area (Å²) in [5, 5.41) is 10.8. The standard InChI is InChI=1S/C14H17ClN6O/c1-9(14(22)20-12-4-2-10(15)6-16-12)19-11-3-5-13-17-8-18-21(13)7-11/h2,4,6,8-9,11,19H,3,5,7H2,1H3,(H,16,20,22)/t9-,11-/m0/s1. The van der Waals surface area contributed by atoms with Crippen LogP contribution in [0.25, 0.3) is 0 Å². The van der Waals surface area contributed by atoms with Crippen molar-refractivity contribution in [3.05, 3.63) is 35.5 Å². The summed E-state index contributed by atoms with van der Waals surface area (Å²) in [5.41, 5.74) is 0. The fourth-order valence-corrected chi connectivity index (χ4v) is 2.60. The molecule has 7 nitrogen and oxygen atoms in total. The second-order valence-corrected chi connectivity index (χ2v) is 5.77. The van der Waals surface area contributed by atoms with Gasteiger partial charge in [-0.1, -0.05) is 11.6 Å². The van der Waals surface area contributed by atoms with Crippen LogP contribution in [0.3, 0.4) is 0 Å². The summed E-state index contributed by atoms with van der Waals surface area (Å²) in [5.74, 6) is 1.37. The maximum absolute atomic E-state index is 12.2. The Morgan fingerprint density at radius 1 is 1.45 bits per heavy atom. The Morgan fingerprint density at radius 3 is 3.09 bits per heavy atom. The molecule has 0 saturated heterocycles. The first-order valence-electron chi connectivity index (χ1n) is 7.17. The zero-order chi connectivity index (χ0) is 15.5. The number of aryl methyl sites for hydroxylation is 1. The van der Waals surface area contributed by atoms with E-state index in [-0.39, 0.29) is 18.0 Å². The van der Waals surface area contributed by atoms with Crippen molar-refractivity contribution in [3.63, 3.8) is 0 Å². The van der Waals surface area contributed by atoms with E-state index in [0.717, 1.165) is 25.2 Å². The SMILES string of the molecule is C[C@H](N[C@H]1CCc2ncnn2C1)C(=O)Nc1ccc(Cl)cn1. The van der Waals surface area contributed by atoms with Gasteiger partial charge in [-0.15, -0.1) is 0 Å². The number of carbonyl (C=O) groups is 1. The van der Waals surface area contributed by atoms with E-state index >= 15 is 0 Å². The normalized spacial score (nSPS) is 18.5. The molecule has 0 radical (unpaired) electrons. The first-order valence-corrected chi connectivity index (χ1v) is 7.55. The Bertz CT molecular complexity index is 656. The van der Waals surface area contributed by atoms with Crippen LogP contribution in [-0.2, 0) is 17.8 Å². The molecule has 116 valence electrons. The van der Waals surface area contributed by atoms with Gasteiger partial charge in [0.05, 0.1) is 17.6 Å². The number of hydrogen-bond acceptors (Lipinski definition) is 5. The number of amides is 1. The number of nitrogens with zero attached hydrogens (tertiary/aromatic N) is 4. The lowest BCUT2D eigenvalue weighted by Gasteiger charge is -2.26. The van der Waals surface area contributed by atoms with E-state index in [1.807, 2.05) is 11.6 Å². The maximum atomic E-state index is 12.2. The molecule has 0 aromatic carbocycles. The Morgan fingerprint density at radius 2 is 2.32 bits per heavy atom. The van der Waals surface area contributed by atoms with Gasteiger partial charge in [-0.05, 0) is 25.5 Å². The molecule has 0 fully saturated rings. The summed E-state index contributed by atoms with van der Waals surface area (Å²) in [4.78, 5) is 20.4. The highest BCUT2D eigenvalue weighted by Crippen LogP contribution is 2.13. The zero-order valence-electron chi connectivity index (χ0n) is 12.2. The molecule has 3 heterocycles. The van der Waals surface area contributed by atoms with Gasteiger partial charge >= 0.3 is 0 Å². The molecule has 0 saturated carbocycles. The topological polar surface area (TPSA) is 84.7 Å². The molecule has 1 aliphatic heterocycles. The van der Waals surface area contributed by atoms with Gasteiger partial charge in [-0.25, -0.2) is 14.6 Å². The van der Waals surface area contributed by atoms with Crippen LogP contribution in [0.1, 0.15) is 19.2 Å². The summed E-state index contributed by atoms with van der Waals surface area (Å²) in [7, 11) is 0. The smallest absolute Gasteiger partial charge is 0.242 e. The molecule has 2 N–H and O–H groups in total. The number of pyridine rings is 1. The Balaban J connectivity index is 1.54. The molecular formula is C14H17ClN6O. The summed E-state index contributed by atoms with van der Waals surface area (Å²) in [6, 6.07) is 3.24. The third-order valence-electron chi connectivity index (χ3n) is 3.66. The average molecular weight is 321 g/mol. The van der Waals surface area contributed by atoms with Crippen molar-refractivity contribution in [2.75, 3.05) is 5.32 Å². The summed E-state index contributed by atoms with van der Waals surface area (Å²) >= 11 is 5.77. The van der Waals surface area contributed by atoms with E-state index in [1.54, 1.807) is 18.5 Å². The predicted molar refractivity (Wildman–Crippen MR) is 82.6 cm³/mol. The first-order chi connectivity index (χ1) is 10.6. The molecular weight excluding hydrogens is 304 g/mol. The van der Waals surface area contributed by atoms with Gasteiger partial charge in [0, 0.05) is 18.7 Å². The minimum atomic E-state index is -0.326. The van der Waals surface area contributed by atoms with Crippen molar-refractivity contribution in [2.45, 2.75) is 38.4 Å². The summed E-state index contributed by atoms with van der Waals surface area (Å²) in [6.07, 6.45) is 4.88. The molecule has 2 aromatic rings. The molecule has 2 atom stereocenters. The number of rotatable bonds is 4. The summed E-state index contributed by atoms with van der Waals surface area (Å²) in [6.45, 7) is 2.56. The van der Waals surface area contributed by atoms with Gasteiger partial charge < -0.3 is 10.6 Å². The van der Waals surface area contributed by atoms with E-state index in [9.17, 15) is 4.79 Å². The lowest BCUT2D eigenvalue weighted by atomic mass is 10.1. The Kier molecular flexibility index (Phi) is 4.35. The van der Waals surface area contributed by atoms with E-state index in [0.29, 0.717) is 10.8 Å². The van der Waals surface area contributed by atoms with Gasteiger partial charge in [-0.3, -0.25) is 4.79 Å². The zero-order valence-corrected chi connectivity index (χ0v) is 12.9.